The Morgan fingerprint density at radius 2 is 2.19 bits per heavy atom. The molecule has 21 heavy (non-hydrogen) atoms. The summed E-state index contributed by atoms with van der Waals surface area (Å²) in [4.78, 5) is 0. The summed E-state index contributed by atoms with van der Waals surface area (Å²) in [5, 5.41) is 0. The number of methoxy groups -OCH3 is 1. The topological polar surface area (TPSA) is 84.7 Å². The summed E-state index contributed by atoms with van der Waals surface area (Å²) < 4.78 is 33.3. The second kappa shape index (κ2) is 6.74. The van der Waals surface area contributed by atoms with Crippen molar-refractivity contribution in [2.75, 3.05) is 20.7 Å². The smallest absolute Gasteiger partial charge is 0.279 e. The molecule has 1 fully saturated rings. The summed E-state index contributed by atoms with van der Waals surface area (Å²) >= 11 is 0. The van der Waals surface area contributed by atoms with Crippen LogP contribution in [-0.2, 0) is 16.8 Å². The fourth-order valence-corrected chi connectivity index (χ4v) is 3.06. The number of ether oxygens (including phenoxy) is 1. The SMILES string of the molecule is COc1cccc(CN(C)S(=O)(=O)NCC(N)C2CC2)c1. The Bertz CT molecular complexity index is 573. The van der Waals surface area contributed by atoms with Gasteiger partial charge in [-0.1, -0.05) is 12.1 Å². The molecule has 1 saturated carbocycles. The van der Waals surface area contributed by atoms with Crippen LogP contribution in [0.1, 0.15) is 18.4 Å². The number of rotatable bonds is 8. The molecule has 0 saturated heterocycles. The second-order valence-electron chi connectivity index (χ2n) is 5.46. The van der Waals surface area contributed by atoms with Gasteiger partial charge in [0.15, 0.2) is 0 Å². The van der Waals surface area contributed by atoms with Gasteiger partial charge in [-0.25, -0.2) is 4.72 Å². The van der Waals surface area contributed by atoms with Crippen molar-refractivity contribution in [1.82, 2.24) is 9.03 Å². The van der Waals surface area contributed by atoms with Crippen molar-refractivity contribution in [2.24, 2.45) is 11.7 Å². The van der Waals surface area contributed by atoms with Crippen LogP contribution in [-0.4, -0.2) is 39.5 Å². The molecule has 118 valence electrons. The van der Waals surface area contributed by atoms with Crippen molar-refractivity contribution in [1.29, 1.82) is 0 Å². The van der Waals surface area contributed by atoms with Crippen LogP contribution in [0.15, 0.2) is 24.3 Å². The number of hydrogen-bond acceptors (Lipinski definition) is 4. The van der Waals surface area contributed by atoms with E-state index in [1.54, 1.807) is 14.2 Å². The Morgan fingerprint density at radius 3 is 2.81 bits per heavy atom. The first-order valence-corrected chi connectivity index (χ1v) is 8.46. The Morgan fingerprint density at radius 1 is 1.48 bits per heavy atom. The Labute approximate surface area is 126 Å². The highest BCUT2D eigenvalue weighted by atomic mass is 32.2. The summed E-state index contributed by atoms with van der Waals surface area (Å²) in [6.07, 6.45) is 2.20. The highest BCUT2D eigenvalue weighted by Gasteiger charge is 2.29. The lowest BCUT2D eigenvalue weighted by molar-refractivity contribution is 0.412. The van der Waals surface area contributed by atoms with Crippen LogP contribution in [0.4, 0.5) is 0 Å². The molecule has 1 aliphatic carbocycles. The van der Waals surface area contributed by atoms with E-state index in [1.165, 1.54) is 4.31 Å². The van der Waals surface area contributed by atoms with Gasteiger partial charge in [0.05, 0.1) is 7.11 Å². The number of benzene rings is 1. The van der Waals surface area contributed by atoms with Gasteiger partial charge in [-0.2, -0.15) is 12.7 Å². The normalized spacial score (nSPS) is 17.0. The fourth-order valence-electron chi connectivity index (χ4n) is 2.12. The van der Waals surface area contributed by atoms with Crippen molar-refractivity contribution in [3.63, 3.8) is 0 Å². The van der Waals surface area contributed by atoms with Crippen molar-refractivity contribution < 1.29 is 13.2 Å². The van der Waals surface area contributed by atoms with Gasteiger partial charge in [0.25, 0.3) is 10.2 Å². The minimum atomic E-state index is -3.52. The highest BCUT2D eigenvalue weighted by molar-refractivity contribution is 7.87. The van der Waals surface area contributed by atoms with Crippen LogP contribution in [0.5, 0.6) is 5.75 Å². The summed E-state index contributed by atoms with van der Waals surface area (Å²) in [7, 11) is -0.387. The predicted molar refractivity (Wildman–Crippen MR) is 82.1 cm³/mol. The zero-order valence-electron chi connectivity index (χ0n) is 12.5. The first-order valence-electron chi connectivity index (χ1n) is 7.02. The summed E-state index contributed by atoms with van der Waals surface area (Å²) in [6.45, 7) is 0.570. The molecular weight excluding hydrogens is 290 g/mol. The molecule has 6 nitrogen and oxygen atoms in total. The van der Waals surface area contributed by atoms with E-state index in [4.69, 9.17) is 10.5 Å². The van der Waals surface area contributed by atoms with Crippen molar-refractivity contribution in [3.05, 3.63) is 29.8 Å². The van der Waals surface area contributed by atoms with E-state index in [-0.39, 0.29) is 19.1 Å². The van der Waals surface area contributed by atoms with E-state index in [0.29, 0.717) is 11.7 Å². The molecule has 1 unspecified atom stereocenters. The largest absolute Gasteiger partial charge is 0.497 e. The van der Waals surface area contributed by atoms with Gasteiger partial charge in [0, 0.05) is 26.2 Å². The molecule has 1 aromatic carbocycles. The van der Waals surface area contributed by atoms with E-state index in [2.05, 4.69) is 4.72 Å². The van der Waals surface area contributed by atoms with Crippen molar-refractivity contribution in [3.8, 4) is 5.75 Å². The third-order valence-electron chi connectivity index (χ3n) is 3.68. The molecular formula is C14H23N3O3S. The number of nitrogens with two attached hydrogens (primary N) is 1. The molecule has 2 rings (SSSR count). The first-order chi connectivity index (χ1) is 9.92. The van der Waals surface area contributed by atoms with Crippen molar-refractivity contribution >= 4 is 10.2 Å². The second-order valence-corrected chi connectivity index (χ2v) is 7.32. The van der Waals surface area contributed by atoms with Gasteiger partial charge in [-0.05, 0) is 36.5 Å². The maximum absolute atomic E-state index is 12.2. The average Bonchev–Trinajstić information content (AvgIpc) is 3.29. The van der Waals surface area contributed by atoms with E-state index >= 15 is 0 Å². The molecule has 0 amide bonds. The molecule has 1 aromatic rings. The van der Waals surface area contributed by atoms with Gasteiger partial charge in [0.2, 0.25) is 0 Å². The first kappa shape index (κ1) is 16.2. The van der Waals surface area contributed by atoms with Crippen LogP contribution in [0.25, 0.3) is 0 Å². The molecule has 0 bridgehead atoms. The minimum Gasteiger partial charge on any atom is -0.497 e. The molecule has 0 radical (unpaired) electrons. The number of nitrogens with one attached hydrogen (secondary N) is 1. The van der Waals surface area contributed by atoms with Crippen LogP contribution >= 0.6 is 0 Å². The molecule has 0 aliphatic heterocycles. The van der Waals surface area contributed by atoms with E-state index < -0.39 is 10.2 Å². The predicted octanol–water partition coefficient (Wildman–Crippen LogP) is 0.699. The number of hydrogen-bond donors (Lipinski definition) is 2. The van der Waals surface area contributed by atoms with E-state index in [0.717, 1.165) is 18.4 Å². The molecule has 1 atom stereocenters. The Balaban J connectivity index is 1.91. The number of nitrogens with zero attached hydrogens (tertiary/aromatic N) is 1. The molecule has 0 spiro atoms. The minimum absolute atomic E-state index is 0.0926. The summed E-state index contributed by atoms with van der Waals surface area (Å²) in [6, 6.07) is 7.26. The maximum atomic E-state index is 12.2. The lowest BCUT2D eigenvalue weighted by Crippen LogP contribution is -2.44. The third-order valence-corrected chi connectivity index (χ3v) is 5.16. The maximum Gasteiger partial charge on any atom is 0.279 e. The molecule has 3 N–H and O–H groups in total. The lowest BCUT2D eigenvalue weighted by Gasteiger charge is -2.19. The van der Waals surface area contributed by atoms with E-state index in [1.807, 2.05) is 24.3 Å². The monoisotopic (exact) mass is 313 g/mol. The molecule has 0 aromatic heterocycles. The molecule has 1 aliphatic rings. The van der Waals surface area contributed by atoms with Gasteiger partial charge in [-0.3, -0.25) is 0 Å². The quantitative estimate of drug-likeness (QED) is 0.740. The van der Waals surface area contributed by atoms with Crippen LogP contribution in [0.3, 0.4) is 0 Å². The van der Waals surface area contributed by atoms with Crippen molar-refractivity contribution in [2.45, 2.75) is 25.4 Å². The highest BCUT2D eigenvalue weighted by Crippen LogP contribution is 2.31. The standard InChI is InChI=1S/C14H23N3O3S/c1-17(10-11-4-3-5-13(8-11)20-2)21(18,19)16-9-14(15)12-6-7-12/h3-5,8,12,14,16H,6-7,9-10,15H2,1-2H3. The van der Waals surface area contributed by atoms with Gasteiger partial charge < -0.3 is 10.5 Å². The molecule has 0 heterocycles. The molecule has 7 heteroatoms. The average molecular weight is 313 g/mol. The Kier molecular flexibility index (Phi) is 5.21. The fraction of sp³-hybridized carbons (Fsp3) is 0.571. The van der Waals surface area contributed by atoms with Crippen LogP contribution in [0, 0.1) is 5.92 Å². The zero-order chi connectivity index (χ0) is 15.5. The zero-order valence-corrected chi connectivity index (χ0v) is 13.3. The summed E-state index contributed by atoms with van der Waals surface area (Å²) in [5.41, 5.74) is 6.78. The third kappa shape index (κ3) is 4.67. The lowest BCUT2D eigenvalue weighted by atomic mass is 10.2. The van der Waals surface area contributed by atoms with Crippen LogP contribution < -0.4 is 15.2 Å². The van der Waals surface area contributed by atoms with Gasteiger partial charge in [-0.15, -0.1) is 0 Å². The van der Waals surface area contributed by atoms with E-state index in [9.17, 15) is 8.42 Å². The van der Waals surface area contributed by atoms with Gasteiger partial charge in [0.1, 0.15) is 5.75 Å². The Hall–Kier alpha value is -1.15. The van der Waals surface area contributed by atoms with Gasteiger partial charge >= 0.3 is 0 Å². The summed E-state index contributed by atoms with van der Waals surface area (Å²) in [5.74, 6) is 1.18. The van der Waals surface area contributed by atoms with Crippen LogP contribution in [0.2, 0.25) is 0 Å².